The molecule has 0 spiro atoms. The Kier molecular flexibility index (Phi) is 6.48. The molecule has 1 saturated carbocycles. The van der Waals surface area contributed by atoms with Gasteiger partial charge in [0, 0.05) is 16.6 Å². The number of hydrogen-bond acceptors (Lipinski definition) is 4. The molecule has 186 valence electrons. The van der Waals surface area contributed by atoms with Crippen LogP contribution in [0, 0.1) is 18.7 Å². The van der Waals surface area contributed by atoms with Crippen molar-refractivity contribution in [1.82, 2.24) is 4.57 Å². The smallest absolute Gasteiger partial charge is 0.505 e. The van der Waals surface area contributed by atoms with Crippen molar-refractivity contribution in [3.63, 3.8) is 0 Å². The number of fused-ring (bicyclic) bond motifs is 1. The van der Waals surface area contributed by atoms with E-state index in [-0.39, 0.29) is 40.1 Å². The lowest BCUT2D eigenvalue weighted by molar-refractivity contribution is -0.274. The van der Waals surface area contributed by atoms with Gasteiger partial charge in [0.25, 0.3) is 5.91 Å². The van der Waals surface area contributed by atoms with Crippen LogP contribution in [0.4, 0.5) is 17.6 Å². The number of rotatable bonds is 6. The number of aliphatic carboxylic acids is 1. The zero-order valence-electron chi connectivity index (χ0n) is 18.7. The first kappa shape index (κ1) is 24.6. The summed E-state index contributed by atoms with van der Waals surface area (Å²) in [5.74, 6) is -5.03. The van der Waals surface area contributed by atoms with Crippen LogP contribution in [0.2, 0.25) is 0 Å². The van der Waals surface area contributed by atoms with Crippen LogP contribution < -0.4 is 4.74 Å². The number of alkyl halides is 3. The van der Waals surface area contributed by atoms with Gasteiger partial charge >= 0.3 is 12.3 Å². The molecule has 1 unspecified atom stereocenters. The molecule has 35 heavy (non-hydrogen) atoms. The predicted octanol–water partition coefficient (Wildman–Crippen LogP) is 6.13. The second kappa shape index (κ2) is 9.24. The maximum Gasteiger partial charge on any atom is 0.573 e. The topological polar surface area (TPSA) is 88.8 Å². The van der Waals surface area contributed by atoms with Crippen LogP contribution in [-0.4, -0.2) is 33.0 Å². The molecule has 1 fully saturated rings. The highest BCUT2D eigenvalue weighted by atomic mass is 19.4. The molecule has 0 aliphatic heterocycles. The quantitative estimate of drug-likeness (QED) is 0.404. The Morgan fingerprint density at radius 2 is 1.74 bits per heavy atom. The Labute approximate surface area is 197 Å². The van der Waals surface area contributed by atoms with E-state index in [1.807, 2.05) is 0 Å². The largest absolute Gasteiger partial charge is 0.573 e. The fourth-order valence-corrected chi connectivity index (χ4v) is 5.02. The fourth-order valence-electron chi connectivity index (χ4n) is 5.02. The summed E-state index contributed by atoms with van der Waals surface area (Å²) in [4.78, 5) is 25.7. The third-order valence-electron chi connectivity index (χ3n) is 6.56. The van der Waals surface area contributed by atoms with Gasteiger partial charge in [-0.3, -0.25) is 14.2 Å². The zero-order chi connectivity index (χ0) is 25.5. The molecule has 1 atom stereocenters. The van der Waals surface area contributed by atoms with Gasteiger partial charge < -0.3 is 14.9 Å². The normalized spacial score (nSPS) is 15.5. The Balaban J connectivity index is 1.83. The zero-order valence-corrected chi connectivity index (χ0v) is 18.7. The van der Waals surface area contributed by atoms with Crippen LogP contribution >= 0.6 is 0 Å². The second-order valence-corrected chi connectivity index (χ2v) is 8.78. The van der Waals surface area contributed by atoms with E-state index in [9.17, 15) is 33.0 Å². The summed E-state index contributed by atoms with van der Waals surface area (Å²) in [5, 5.41) is 19.9. The summed E-state index contributed by atoms with van der Waals surface area (Å²) in [5.41, 5.74) is 0.349. The Bertz CT molecular complexity index is 1270. The number of ether oxygens (including phenoxy) is 1. The highest BCUT2D eigenvalue weighted by molar-refractivity contribution is 6.05. The number of phenolic OH excluding ortho intramolecular Hbond substituents is 1. The third-order valence-corrected chi connectivity index (χ3v) is 6.56. The molecule has 0 saturated heterocycles. The molecule has 2 N–H and O–H groups in total. The Morgan fingerprint density at radius 1 is 1.11 bits per heavy atom. The fraction of sp³-hybridized carbons (Fsp3) is 0.360. The third kappa shape index (κ3) is 4.82. The van der Waals surface area contributed by atoms with E-state index >= 15 is 4.39 Å². The average Bonchev–Trinajstić information content (AvgIpc) is 3.39. The number of phenols is 1. The molecule has 0 radical (unpaired) electrons. The van der Waals surface area contributed by atoms with E-state index in [2.05, 4.69) is 4.74 Å². The van der Waals surface area contributed by atoms with E-state index in [4.69, 9.17) is 0 Å². The summed E-state index contributed by atoms with van der Waals surface area (Å²) in [6, 6.07) is 6.62. The molecule has 0 amide bonds. The van der Waals surface area contributed by atoms with E-state index < -0.39 is 41.5 Å². The van der Waals surface area contributed by atoms with Crippen molar-refractivity contribution in [2.75, 3.05) is 0 Å². The minimum atomic E-state index is -4.89. The average molecular weight is 493 g/mol. The molecule has 0 bridgehead atoms. The van der Waals surface area contributed by atoms with Crippen molar-refractivity contribution in [2.24, 2.45) is 5.92 Å². The van der Waals surface area contributed by atoms with E-state index in [1.165, 1.54) is 13.0 Å². The van der Waals surface area contributed by atoms with Gasteiger partial charge in [-0.1, -0.05) is 25.7 Å². The molecule has 1 aromatic heterocycles. The van der Waals surface area contributed by atoms with Gasteiger partial charge in [-0.15, -0.1) is 13.2 Å². The molecule has 1 aliphatic rings. The number of carbonyl (C=O) groups is 2. The SMILES string of the molecule is Cc1c(C(CC2CCCC2)C(=O)O)c2c(F)c(O)ccc2n1C(=O)c1ccc(OC(F)(F)F)cc1. The first-order valence-electron chi connectivity index (χ1n) is 11.1. The number of aromatic hydroxyl groups is 1. The number of hydrogen-bond donors (Lipinski definition) is 2. The molecule has 6 nitrogen and oxygen atoms in total. The van der Waals surface area contributed by atoms with Gasteiger partial charge in [-0.05, 0) is 61.2 Å². The van der Waals surface area contributed by atoms with Crippen molar-refractivity contribution in [3.05, 3.63) is 59.0 Å². The van der Waals surface area contributed by atoms with Crippen LogP contribution in [-0.2, 0) is 4.79 Å². The number of halogens is 4. The summed E-state index contributed by atoms with van der Waals surface area (Å²) >= 11 is 0. The molecule has 10 heteroatoms. The maximum atomic E-state index is 15.2. The van der Waals surface area contributed by atoms with Crippen LogP contribution in [0.25, 0.3) is 10.9 Å². The van der Waals surface area contributed by atoms with Crippen molar-refractivity contribution in [2.45, 2.75) is 51.3 Å². The van der Waals surface area contributed by atoms with E-state index in [0.717, 1.165) is 60.6 Å². The van der Waals surface area contributed by atoms with Gasteiger partial charge in [0.2, 0.25) is 0 Å². The van der Waals surface area contributed by atoms with Crippen LogP contribution in [0.15, 0.2) is 36.4 Å². The van der Waals surface area contributed by atoms with Gasteiger partial charge in [0.05, 0.1) is 11.4 Å². The molecule has 1 aliphatic carbocycles. The minimum Gasteiger partial charge on any atom is -0.505 e. The number of carboxylic acid groups (broad SMARTS) is 1. The molecule has 4 rings (SSSR count). The summed E-state index contributed by atoms with van der Waals surface area (Å²) < 4.78 is 57.5. The van der Waals surface area contributed by atoms with Crippen molar-refractivity contribution in [3.8, 4) is 11.5 Å². The number of carbonyl (C=O) groups excluding carboxylic acids is 1. The van der Waals surface area contributed by atoms with Crippen LogP contribution in [0.5, 0.6) is 11.5 Å². The van der Waals surface area contributed by atoms with Crippen LogP contribution in [0.1, 0.15) is 59.6 Å². The molecule has 3 aromatic rings. The first-order valence-corrected chi connectivity index (χ1v) is 11.1. The number of carboxylic acids is 1. The van der Waals surface area contributed by atoms with Gasteiger partial charge in [-0.2, -0.15) is 0 Å². The number of benzene rings is 2. The van der Waals surface area contributed by atoms with Gasteiger partial charge in [-0.25, -0.2) is 4.39 Å². The Hall–Kier alpha value is -3.56. The van der Waals surface area contributed by atoms with E-state index in [0.29, 0.717) is 0 Å². The predicted molar refractivity (Wildman–Crippen MR) is 118 cm³/mol. The lowest BCUT2D eigenvalue weighted by Gasteiger charge is -2.18. The summed E-state index contributed by atoms with van der Waals surface area (Å²) in [6.45, 7) is 1.50. The lowest BCUT2D eigenvalue weighted by Crippen LogP contribution is -2.18. The van der Waals surface area contributed by atoms with Gasteiger partial charge in [0.1, 0.15) is 5.75 Å². The summed E-state index contributed by atoms with van der Waals surface area (Å²) in [6.07, 6.45) is -0.930. The minimum absolute atomic E-state index is 0.0118. The number of aromatic nitrogens is 1. The first-order chi connectivity index (χ1) is 16.5. The van der Waals surface area contributed by atoms with Crippen LogP contribution in [0.3, 0.4) is 0 Å². The highest BCUT2D eigenvalue weighted by Gasteiger charge is 2.34. The molecule has 2 aromatic carbocycles. The molecular formula is C25H23F4NO5. The van der Waals surface area contributed by atoms with Gasteiger partial charge in [0.15, 0.2) is 11.6 Å². The second-order valence-electron chi connectivity index (χ2n) is 8.78. The van der Waals surface area contributed by atoms with Crippen molar-refractivity contribution in [1.29, 1.82) is 0 Å². The monoisotopic (exact) mass is 493 g/mol. The number of nitrogens with zero attached hydrogens (tertiary/aromatic N) is 1. The molecular weight excluding hydrogens is 470 g/mol. The Morgan fingerprint density at radius 3 is 2.31 bits per heavy atom. The molecule has 1 heterocycles. The van der Waals surface area contributed by atoms with Crippen molar-refractivity contribution >= 4 is 22.8 Å². The lowest BCUT2D eigenvalue weighted by atomic mass is 9.86. The maximum absolute atomic E-state index is 15.2. The summed E-state index contributed by atoms with van der Waals surface area (Å²) in [7, 11) is 0. The highest BCUT2D eigenvalue weighted by Crippen LogP contribution is 2.42. The van der Waals surface area contributed by atoms with Crippen molar-refractivity contribution < 1.29 is 42.1 Å². The van der Waals surface area contributed by atoms with E-state index in [1.54, 1.807) is 0 Å². The standard InChI is InChI=1S/C25H23F4NO5/c1-13-20(17(24(33)34)12-14-4-2-3-5-14)21-18(10-11-19(31)22(21)26)30(13)23(32)15-6-8-16(9-7-15)35-25(27,28)29/h6-11,14,17,31H,2-5,12H2,1H3,(H,33,34).